The fourth-order valence-corrected chi connectivity index (χ4v) is 2.83. The number of amides is 1. The summed E-state index contributed by atoms with van der Waals surface area (Å²) in [6.45, 7) is 0.850. The lowest BCUT2D eigenvalue weighted by Crippen LogP contribution is -2.57. The highest BCUT2D eigenvalue weighted by atomic mass is 35.5. The van der Waals surface area contributed by atoms with E-state index in [9.17, 15) is 9.59 Å². The quantitative estimate of drug-likeness (QED) is 0.711. The van der Waals surface area contributed by atoms with E-state index in [-0.39, 0.29) is 18.6 Å². The monoisotopic (exact) mass is 359 g/mol. The summed E-state index contributed by atoms with van der Waals surface area (Å²) >= 11 is 5.78. The Labute approximate surface area is 147 Å². The Hall–Kier alpha value is -2.80. The summed E-state index contributed by atoms with van der Waals surface area (Å²) in [4.78, 5) is 30.0. The maximum absolute atomic E-state index is 12.4. The predicted octanol–water partition coefficient (Wildman–Crippen LogP) is 1.93. The van der Waals surface area contributed by atoms with Gasteiger partial charge in [-0.25, -0.2) is 9.78 Å². The fourth-order valence-electron chi connectivity index (χ4n) is 2.72. The SMILES string of the molecule is O=C(Cn1c(=O)oc2ccccc21)N1CC(Oc2ccc(Cl)cn2)C1. The third-order valence-electron chi connectivity index (χ3n) is 4.06. The molecule has 1 aliphatic rings. The number of carbonyl (C=O) groups excluding carboxylic acids is 1. The molecule has 2 aromatic heterocycles. The number of pyridine rings is 1. The molecule has 1 saturated heterocycles. The number of hydrogen-bond acceptors (Lipinski definition) is 5. The van der Waals surface area contributed by atoms with E-state index in [0.29, 0.717) is 35.1 Å². The van der Waals surface area contributed by atoms with E-state index < -0.39 is 5.76 Å². The molecule has 25 heavy (non-hydrogen) atoms. The maximum Gasteiger partial charge on any atom is 0.420 e. The van der Waals surface area contributed by atoms with Crippen LogP contribution in [0.15, 0.2) is 51.8 Å². The van der Waals surface area contributed by atoms with Crippen LogP contribution in [0.3, 0.4) is 0 Å². The second-order valence-electron chi connectivity index (χ2n) is 5.78. The van der Waals surface area contributed by atoms with Crippen molar-refractivity contribution in [2.75, 3.05) is 13.1 Å². The number of likely N-dealkylation sites (tertiary alicyclic amines) is 1. The lowest BCUT2D eigenvalue weighted by molar-refractivity contribution is -0.140. The van der Waals surface area contributed by atoms with Crippen molar-refractivity contribution in [1.29, 1.82) is 0 Å². The molecule has 8 heteroatoms. The minimum atomic E-state index is -0.534. The van der Waals surface area contributed by atoms with Crippen LogP contribution in [0.25, 0.3) is 11.1 Å². The van der Waals surface area contributed by atoms with Gasteiger partial charge in [0.15, 0.2) is 5.58 Å². The third-order valence-corrected chi connectivity index (χ3v) is 4.28. The molecule has 0 atom stereocenters. The van der Waals surface area contributed by atoms with Crippen LogP contribution in [0.4, 0.5) is 0 Å². The average molecular weight is 360 g/mol. The van der Waals surface area contributed by atoms with Gasteiger partial charge in [0.25, 0.3) is 0 Å². The Kier molecular flexibility index (Phi) is 3.93. The van der Waals surface area contributed by atoms with Crippen LogP contribution in [-0.4, -0.2) is 39.6 Å². The topological polar surface area (TPSA) is 77.6 Å². The van der Waals surface area contributed by atoms with Crippen LogP contribution < -0.4 is 10.5 Å². The first-order chi connectivity index (χ1) is 12.1. The van der Waals surface area contributed by atoms with Gasteiger partial charge in [0, 0.05) is 12.3 Å². The molecule has 1 amide bonds. The van der Waals surface area contributed by atoms with Crippen molar-refractivity contribution >= 4 is 28.6 Å². The van der Waals surface area contributed by atoms with Crippen molar-refractivity contribution in [3.8, 4) is 5.88 Å². The van der Waals surface area contributed by atoms with Gasteiger partial charge in [0.05, 0.1) is 23.6 Å². The van der Waals surface area contributed by atoms with E-state index in [1.165, 1.54) is 10.8 Å². The highest BCUT2D eigenvalue weighted by Gasteiger charge is 2.33. The number of oxazole rings is 1. The summed E-state index contributed by atoms with van der Waals surface area (Å²) < 4.78 is 12.1. The summed E-state index contributed by atoms with van der Waals surface area (Å²) in [6.07, 6.45) is 1.39. The van der Waals surface area contributed by atoms with Crippen molar-refractivity contribution in [3.63, 3.8) is 0 Å². The molecule has 1 fully saturated rings. The van der Waals surface area contributed by atoms with Gasteiger partial charge >= 0.3 is 5.76 Å². The number of carbonyl (C=O) groups is 1. The summed E-state index contributed by atoms with van der Waals surface area (Å²) in [5, 5.41) is 0.538. The van der Waals surface area contributed by atoms with Crippen molar-refractivity contribution in [1.82, 2.24) is 14.5 Å². The van der Waals surface area contributed by atoms with Crippen molar-refractivity contribution in [3.05, 3.63) is 58.2 Å². The molecule has 0 aliphatic carbocycles. The molecule has 3 heterocycles. The molecule has 0 radical (unpaired) electrons. The van der Waals surface area contributed by atoms with Gasteiger partial charge in [-0.05, 0) is 18.2 Å². The molecule has 128 valence electrons. The number of halogens is 1. The van der Waals surface area contributed by atoms with Crippen LogP contribution in [-0.2, 0) is 11.3 Å². The van der Waals surface area contributed by atoms with E-state index in [1.807, 2.05) is 0 Å². The summed E-state index contributed by atoms with van der Waals surface area (Å²) in [7, 11) is 0. The lowest BCUT2D eigenvalue weighted by Gasteiger charge is -2.38. The van der Waals surface area contributed by atoms with E-state index in [0.717, 1.165) is 0 Å². The third kappa shape index (κ3) is 3.10. The first kappa shape index (κ1) is 15.7. The summed E-state index contributed by atoms with van der Waals surface area (Å²) in [5.41, 5.74) is 1.08. The van der Waals surface area contributed by atoms with Crippen LogP contribution in [0.5, 0.6) is 5.88 Å². The molecule has 0 saturated carbocycles. The number of rotatable bonds is 4. The van der Waals surface area contributed by atoms with Crippen LogP contribution in [0.1, 0.15) is 0 Å². The first-order valence-electron chi connectivity index (χ1n) is 7.74. The molecule has 0 N–H and O–H groups in total. The minimum Gasteiger partial charge on any atom is -0.471 e. The van der Waals surface area contributed by atoms with Crippen molar-refractivity contribution in [2.45, 2.75) is 12.6 Å². The van der Waals surface area contributed by atoms with E-state index in [1.54, 1.807) is 41.3 Å². The minimum absolute atomic E-state index is 0.0538. The number of para-hydroxylation sites is 2. The molecule has 1 aromatic carbocycles. The standard InChI is InChI=1S/C17H14ClN3O4/c18-11-5-6-15(19-7-11)24-12-8-20(9-12)16(22)10-21-13-3-1-2-4-14(13)25-17(21)23/h1-7,12H,8-10H2. The zero-order chi connectivity index (χ0) is 17.4. The van der Waals surface area contributed by atoms with Gasteiger partial charge in [0.1, 0.15) is 12.6 Å². The summed E-state index contributed by atoms with van der Waals surface area (Å²) in [6, 6.07) is 10.4. The number of fused-ring (bicyclic) bond motifs is 1. The van der Waals surface area contributed by atoms with Crippen molar-refractivity contribution < 1.29 is 13.9 Å². The van der Waals surface area contributed by atoms with Gasteiger partial charge < -0.3 is 14.1 Å². The predicted molar refractivity (Wildman–Crippen MR) is 90.7 cm³/mol. The Morgan fingerprint density at radius 1 is 1.28 bits per heavy atom. The van der Waals surface area contributed by atoms with Gasteiger partial charge in [-0.1, -0.05) is 23.7 Å². The number of hydrogen-bond donors (Lipinski definition) is 0. The van der Waals surface area contributed by atoms with Crippen molar-refractivity contribution in [2.24, 2.45) is 0 Å². The highest BCUT2D eigenvalue weighted by Crippen LogP contribution is 2.19. The van der Waals surface area contributed by atoms with E-state index in [4.69, 9.17) is 20.8 Å². The molecule has 0 bridgehead atoms. The molecule has 0 unspecified atom stereocenters. The zero-order valence-electron chi connectivity index (χ0n) is 13.1. The molecular weight excluding hydrogens is 346 g/mol. The number of benzene rings is 1. The zero-order valence-corrected chi connectivity index (χ0v) is 13.8. The molecule has 3 aromatic rings. The number of nitrogens with zero attached hydrogens (tertiary/aromatic N) is 3. The largest absolute Gasteiger partial charge is 0.471 e. The highest BCUT2D eigenvalue weighted by molar-refractivity contribution is 6.30. The van der Waals surface area contributed by atoms with Gasteiger partial charge in [-0.3, -0.25) is 9.36 Å². The molecule has 0 spiro atoms. The lowest BCUT2D eigenvalue weighted by atomic mass is 10.1. The molecule has 1 aliphatic heterocycles. The molecular formula is C17H14ClN3O4. The Bertz CT molecular complexity index is 973. The Balaban J connectivity index is 1.38. The van der Waals surface area contributed by atoms with Gasteiger partial charge in [-0.2, -0.15) is 0 Å². The Morgan fingerprint density at radius 3 is 2.84 bits per heavy atom. The average Bonchev–Trinajstić information content (AvgIpc) is 2.88. The van der Waals surface area contributed by atoms with E-state index >= 15 is 0 Å². The summed E-state index contributed by atoms with van der Waals surface area (Å²) in [5.74, 6) is -0.218. The van der Waals surface area contributed by atoms with E-state index in [2.05, 4.69) is 4.98 Å². The second-order valence-corrected chi connectivity index (χ2v) is 6.21. The molecule has 4 rings (SSSR count). The number of ether oxygens (including phenoxy) is 1. The fraction of sp³-hybridized carbons (Fsp3) is 0.235. The second kappa shape index (κ2) is 6.25. The van der Waals surface area contributed by atoms with Crippen LogP contribution in [0, 0.1) is 0 Å². The smallest absolute Gasteiger partial charge is 0.420 e. The first-order valence-corrected chi connectivity index (χ1v) is 8.12. The van der Waals surface area contributed by atoms with Crippen LogP contribution >= 0.6 is 11.6 Å². The normalized spacial score (nSPS) is 14.5. The molecule has 7 nitrogen and oxygen atoms in total. The number of aromatic nitrogens is 2. The Morgan fingerprint density at radius 2 is 2.08 bits per heavy atom. The maximum atomic E-state index is 12.4. The van der Waals surface area contributed by atoms with Crippen LogP contribution in [0.2, 0.25) is 5.02 Å². The van der Waals surface area contributed by atoms with Gasteiger partial charge in [0.2, 0.25) is 11.8 Å². The van der Waals surface area contributed by atoms with Gasteiger partial charge in [-0.15, -0.1) is 0 Å².